The van der Waals surface area contributed by atoms with Gasteiger partial charge in [-0.3, -0.25) is 15.0 Å². The summed E-state index contributed by atoms with van der Waals surface area (Å²) >= 11 is 0. The van der Waals surface area contributed by atoms with Gasteiger partial charge in [-0.15, -0.1) is 0 Å². The molecule has 0 radical (unpaired) electrons. The largest absolute Gasteiger partial charge is 0.460 e. The van der Waals surface area contributed by atoms with Crippen molar-refractivity contribution >= 4 is 18.0 Å². The van der Waals surface area contributed by atoms with Crippen molar-refractivity contribution in [2.75, 3.05) is 0 Å². The van der Waals surface area contributed by atoms with Gasteiger partial charge >= 0.3 is 5.97 Å². The van der Waals surface area contributed by atoms with E-state index in [0.717, 1.165) is 5.56 Å². The molecule has 0 aliphatic carbocycles. The first-order valence-corrected chi connectivity index (χ1v) is 10.4. The summed E-state index contributed by atoms with van der Waals surface area (Å²) in [6.07, 6.45) is 5.03. The number of esters is 1. The van der Waals surface area contributed by atoms with Crippen molar-refractivity contribution in [3.63, 3.8) is 0 Å². The van der Waals surface area contributed by atoms with Crippen LogP contribution in [0, 0.1) is 35.0 Å². The maximum absolute atomic E-state index is 13.3. The predicted molar refractivity (Wildman–Crippen MR) is 118 cm³/mol. The molecule has 0 saturated heterocycles. The molecule has 0 bridgehead atoms. The molecule has 3 atom stereocenters. The molecule has 0 aromatic heterocycles. The lowest BCUT2D eigenvalue weighted by molar-refractivity contribution is -0.166. The maximum atomic E-state index is 13.3. The summed E-state index contributed by atoms with van der Waals surface area (Å²) < 4.78 is 5.69. The monoisotopic (exact) mass is 413 g/mol. The van der Waals surface area contributed by atoms with Gasteiger partial charge in [-0.2, -0.15) is 5.26 Å². The Morgan fingerprint density at radius 2 is 1.87 bits per heavy atom. The number of carbonyl (C=O) groups is 2. The highest BCUT2D eigenvalue weighted by Gasteiger charge is 2.40. The average molecular weight is 414 g/mol. The SMILES string of the molecule is CC(C)C[C@@H](C(=O)NN)[C@@H](C(=O)OC(C)(C)C)C(/C=C/c1ccccc1)CCC#N. The summed E-state index contributed by atoms with van der Waals surface area (Å²) in [6, 6.07) is 11.9. The van der Waals surface area contributed by atoms with Crippen molar-refractivity contribution in [2.24, 2.45) is 29.5 Å². The first kappa shape index (κ1) is 25.4. The van der Waals surface area contributed by atoms with E-state index in [4.69, 9.17) is 15.8 Å². The number of amides is 1. The minimum Gasteiger partial charge on any atom is -0.460 e. The molecule has 0 aliphatic rings. The third-order valence-electron chi connectivity index (χ3n) is 4.70. The number of nitrogens with zero attached hydrogens (tertiary/aromatic N) is 1. The zero-order chi connectivity index (χ0) is 22.7. The van der Waals surface area contributed by atoms with E-state index in [1.54, 1.807) is 20.8 Å². The van der Waals surface area contributed by atoms with Gasteiger partial charge < -0.3 is 4.74 Å². The normalized spacial score (nSPS) is 14.7. The first-order valence-electron chi connectivity index (χ1n) is 10.4. The van der Waals surface area contributed by atoms with E-state index in [9.17, 15) is 9.59 Å². The molecule has 3 N–H and O–H groups in total. The van der Waals surface area contributed by atoms with Crippen LogP contribution in [0.4, 0.5) is 0 Å². The summed E-state index contributed by atoms with van der Waals surface area (Å²) in [6.45, 7) is 9.38. The van der Waals surface area contributed by atoms with Crippen molar-refractivity contribution in [3.05, 3.63) is 42.0 Å². The van der Waals surface area contributed by atoms with Crippen molar-refractivity contribution in [2.45, 2.75) is 59.5 Å². The zero-order valence-corrected chi connectivity index (χ0v) is 18.7. The number of allylic oxidation sites excluding steroid dienone is 1. The number of ether oxygens (including phenoxy) is 1. The molecular weight excluding hydrogens is 378 g/mol. The Kier molecular flexibility index (Phi) is 10.3. The van der Waals surface area contributed by atoms with Crippen molar-refractivity contribution in [1.82, 2.24) is 5.43 Å². The van der Waals surface area contributed by atoms with Crippen molar-refractivity contribution in [1.29, 1.82) is 5.26 Å². The van der Waals surface area contributed by atoms with Crippen LogP contribution in [0.2, 0.25) is 0 Å². The summed E-state index contributed by atoms with van der Waals surface area (Å²) in [5.74, 6) is 3.04. The molecule has 1 aromatic carbocycles. The van der Waals surface area contributed by atoms with Gasteiger partial charge in [0.1, 0.15) is 5.60 Å². The van der Waals surface area contributed by atoms with Gasteiger partial charge in [0.15, 0.2) is 0 Å². The predicted octanol–water partition coefficient (Wildman–Crippen LogP) is 4.23. The van der Waals surface area contributed by atoms with Crippen LogP contribution in [-0.2, 0) is 14.3 Å². The molecule has 0 saturated carbocycles. The topological polar surface area (TPSA) is 105 Å². The highest BCUT2D eigenvalue weighted by Crippen LogP contribution is 2.34. The fraction of sp³-hybridized carbons (Fsp3) is 0.542. The summed E-state index contributed by atoms with van der Waals surface area (Å²) in [7, 11) is 0. The quantitative estimate of drug-likeness (QED) is 0.258. The standard InChI is InChI=1S/C24H35N3O3/c1-17(2)16-20(22(28)27-26)21(23(29)30-24(3,4)5)19(12-9-15-25)14-13-18-10-7-6-8-11-18/h6-8,10-11,13-14,17,19-21H,9,12,16,26H2,1-5H3,(H,27,28)/b14-13+/t19?,20-,21+/m1/s1. The van der Waals surface area contributed by atoms with Crippen LogP contribution in [0.5, 0.6) is 0 Å². The Morgan fingerprint density at radius 1 is 1.23 bits per heavy atom. The molecule has 1 unspecified atom stereocenters. The number of hydrazine groups is 1. The molecule has 6 nitrogen and oxygen atoms in total. The fourth-order valence-corrected chi connectivity index (χ4v) is 3.46. The molecule has 0 fully saturated rings. The fourth-order valence-electron chi connectivity index (χ4n) is 3.46. The lowest BCUT2D eigenvalue weighted by atomic mass is 9.75. The van der Waals surface area contributed by atoms with E-state index in [-0.39, 0.29) is 18.3 Å². The maximum Gasteiger partial charge on any atom is 0.310 e. The number of hydrogen-bond acceptors (Lipinski definition) is 5. The number of nitrogens with two attached hydrogens (primary N) is 1. The van der Waals surface area contributed by atoms with E-state index >= 15 is 0 Å². The Labute approximate surface area is 180 Å². The lowest BCUT2D eigenvalue weighted by Crippen LogP contribution is -2.45. The third-order valence-corrected chi connectivity index (χ3v) is 4.70. The minimum atomic E-state index is -0.747. The molecule has 1 aromatic rings. The second-order valence-corrected chi connectivity index (χ2v) is 8.93. The van der Waals surface area contributed by atoms with E-state index in [1.807, 2.05) is 56.3 Å². The number of nitrogens with one attached hydrogen (secondary N) is 1. The van der Waals surface area contributed by atoms with Gasteiger partial charge in [0.25, 0.3) is 0 Å². The smallest absolute Gasteiger partial charge is 0.310 e. The Hall–Kier alpha value is -2.65. The molecule has 164 valence electrons. The second kappa shape index (κ2) is 12.1. The van der Waals surface area contributed by atoms with Gasteiger partial charge in [-0.05, 0) is 51.0 Å². The number of hydrogen-bond donors (Lipinski definition) is 2. The summed E-state index contributed by atoms with van der Waals surface area (Å²) in [5.41, 5.74) is 2.50. The van der Waals surface area contributed by atoms with Crippen LogP contribution in [-0.4, -0.2) is 17.5 Å². The highest BCUT2D eigenvalue weighted by molar-refractivity contribution is 5.85. The Bertz CT molecular complexity index is 745. The van der Waals surface area contributed by atoms with E-state index < -0.39 is 29.3 Å². The van der Waals surface area contributed by atoms with Gasteiger partial charge in [0.05, 0.1) is 17.9 Å². The van der Waals surface area contributed by atoms with Gasteiger partial charge in [0, 0.05) is 6.42 Å². The average Bonchev–Trinajstić information content (AvgIpc) is 2.67. The molecule has 0 spiro atoms. The van der Waals surface area contributed by atoms with Gasteiger partial charge in [0.2, 0.25) is 5.91 Å². The number of benzene rings is 1. The van der Waals surface area contributed by atoms with Gasteiger partial charge in [-0.1, -0.05) is 56.3 Å². The van der Waals surface area contributed by atoms with Crippen LogP contribution < -0.4 is 11.3 Å². The van der Waals surface area contributed by atoms with E-state index in [1.165, 1.54) is 0 Å². The number of nitriles is 1. The van der Waals surface area contributed by atoms with Crippen LogP contribution in [0.1, 0.15) is 59.4 Å². The first-order chi connectivity index (χ1) is 14.1. The van der Waals surface area contributed by atoms with Crippen molar-refractivity contribution < 1.29 is 14.3 Å². The van der Waals surface area contributed by atoms with E-state index in [2.05, 4.69) is 11.5 Å². The molecule has 6 heteroatoms. The molecular formula is C24H35N3O3. The zero-order valence-electron chi connectivity index (χ0n) is 18.7. The third kappa shape index (κ3) is 8.79. The molecule has 1 amide bonds. The number of rotatable bonds is 10. The lowest BCUT2D eigenvalue weighted by Gasteiger charge is -2.33. The number of carbonyl (C=O) groups excluding carboxylic acids is 2. The highest BCUT2D eigenvalue weighted by atomic mass is 16.6. The Morgan fingerprint density at radius 3 is 2.37 bits per heavy atom. The molecule has 30 heavy (non-hydrogen) atoms. The molecule has 0 aliphatic heterocycles. The van der Waals surface area contributed by atoms with Crippen LogP contribution in [0.15, 0.2) is 36.4 Å². The Balaban J connectivity index is 3.41. The van der Waals surface area contributed by atoms with Gasteiger partial charge in [-0.25, -0.2) is 5.84 Å². The van der Waals surface area contributed by atoms with Crippen molar-refractivity contribution in [3.8, 4) is 6.07 Å². The summed E-state index contributed by atoms with van der Waals surface area (Å²) in [4.78, 5) is 25.9. The molecule has 0 heterocycles. The summed E-state index contributed by atoms with van der Waals surface area (Å²) in [5, 5.41) is 9.16. The van der Waals surface area contributed by atoms with Crippen LogP contribution in [0.3, 0.4) is 0 Å². The van der Waals surface area contributed by atoms with E-state index in [0.29, 0.717) is 12.8 Å². The van der Waals surface area contributed by atoms with Crippen LogP contribution >= 0.6 is 0 Å². The van der Waals surface area contributed by atoms with Crippen LogP contribution in [0.25, 0.3) is 6.08 Å². The minimum absolute atomic E-state index is 0.173. The molecule has 1 rings (SSSR count). The second-order valence-electron chi connectivity index (χ2n) is 8.93.